The number of phenolic OH excluding ortho intramolecular Hbond substituents is 1. The van der Waals surface area contributed by atoms with Gasteiger partial charge in [-0.3, -0.25) is 29.5 Å². The predicted octanol–water partition coefficient (Wildman–Crippen LogP) is 6.77. The van der Waals surface area contributed by atoms with Crippen LogP contribution in [0.3, 0.4) is 0 Å². The first-order valence-corrected chi connectivity index (χ1v) is 17.7. The molecule has 3 fully saturated rings. The largest absolute Gasteiger partial charge is 0.508 e. The van der Waals surface area contributed by atoms with Gasteiger partial charge in [0.05, 0.1) is 28.9 Å². The van der Waals surface area contributed by atoms with Crippen LogP contribution in [-0.4, -0.2) is 45.2 Å². The first-order chi connectivity index (χ1) is 25.1. The molecule has 6 atom stereocenters. The average Bonchev–Trinajstić information content (AvgIpc) is 3.52. The molecule has 52 heavy (non-hydrogen) atoms. The topological polar surface area (TPSA) is 116 Å². The molecule has 2 aliphatic heterocycles. The van der Waals surface area contributed by atoms with Gasteiger partial charge in [0, 0.05) is 29.1 Å². The number of anilines is 1. The molecule has 9 nitrogen and oxygen atoms in total. The van der Waals surface area contributed by atoms with Crippen LogP contribution in [0.15, 0.2) is 109 Å². The second kappa shape index (κ2) is 12.9. The van der Waals surface area contributed by atoms with Crippen molar-refractivity contribution in [3.8, 4) is 11.5 Å². The molecule has 4 amide bonds. The van der Waals surface area contributed by atoms with Crippen molar-refractivity contribution >= 4 is 40.9 Å². The molecule has 2 N–H and O–H groups in total. The number of likely N-dealkylation sites (tertiary alicyclic amines) is 1. The Kier molecular flexibility index (Phi) is 8.37. The van der Waals surface area contributed by atoms with Crippen LogP contribution in [0.5, 0.6) is 11.5 Å². The van der Waals surface area contributed by atoms with E-state index in [9.17, 15) is 23.9 Å². The van der Waals surface area contributed by atoms with Crippen LogP contribution in [-0.2, 0) is 31.2 Å². The van der Waals surface area contributed by atoms with Gasteiger partial charge in [-0.05, 0) is 79.3 Å². The Morgan fingerprint density at radius 3 is 2.33 bits per heavy atom. The standard InChI is InChI=1S/C41H35ClFN3O6/c1-2-45-37(48)31-19-18-29-32(35(31)39(45)50)21-33-38(49)46(44-27-14-12-26(43)13-15-27)40(51)41(33,24-8-10-25(42)11-9-24)36(29)30-17-16-28(20-34(30)47)52-22-23-6-4-3-5-7-23/h3-18,20,31-33,35-36,44,47H,2,19,21-22H2,1H3/t31-,32+,33-,35-,36+,41+/m0/s1. The van der Waals surface area contributed by atoms with Gasteiger partial charge in [-0.1, -0.05) is 71.8 Å². The van der Waals surface area contributed by atoms with E-state index in [-0.39, 0.29) is 43.6 Å². The molecule has 264 valence electrons. The molecule has 11 heteroatoms. The molecule has 0 radical (unpaired) electrons. The molecule has 2 aliphatic carbocycles. The number of hydrazine groups is 1. The highest BCUT2D eigenvalue weighted by molar-refractivity contribution is 6.30. The minimum Gasteiger partial charge on any atom is -0.508 e. The molecule has 8 rings (SSSR count). The number of benzene rings is 4. The third-order valence-corrected chi connectivity index (χ3v) is 11.5. The van der Waals surface area contributed by atoms with Crippen molar-refractivity contribution in [3.05, 3.63) is 136 Å². The molecular weight excluding hydrogens is 685 g/mol. The van der Waals surface area contributed by atoms with E-state index in [2.05, 4.69) is 5.43 Å². The van der Waals surface area contributed by atoms with E-state index in [1.54, 1.807) is 43.3 Å². The average molecular weight is 720 g/mol. The number of nitrogens with one attached hydrogen (secondary N) is 1. The second-order valence-corrected chi connectivity index (χ2v) is 14.2. The fraction of sp³-hybridized carbons (Fsp3) is 0.268. The number of halogens is 2. The molecule has 0 spiro atoms. The Morgan fingerprint density at radius 2 is 1.63 bits per heavy atom. The van der Waals surface area contributed by atoms with E-state index in [0.29, 0.717) is 33.2 Å². The smallest absolute Gasteiger partial charge is 0.260 e. The normalized spacial score (nSPS) is 26.5. The number of hydrogen-bond acceptors (Lipinski definition) is 7. The number of aromatic hydroxyl groups is 1. The summed E-state index contributed by atoms with van der Waals surface area (Å²) in [6, 6.07) is 26.6. The lowest BCUT2D eigenvalue weighted by atomic mass is 9.49. The number of nitrogens with zero attached hydrogens (tertiary/aromatic N) is 2. The summed E-state index contributed by atoms with van der Waals surface area (Å²) in [6.07, 6.45) is 2.31. The summed E-state index contributed by atoms with van der Waals surface area (Å²) in [5.41, 5.74) is 4.16. The molecule has 2 saturated heterocycles. The summed E-state index contributed by atoms with van der Waals surface area (Å²) in [4.78, 5) is 58.6. The van der Waals surface area contributed by atoms with Crippen LogP contribution in [0, 0.1) is 29.5 Å². The third-order valence-electron chi connectivity index (χ3n) is 11.2. The quantitative estimate of drug-likeness (QED) is 0.153. The molecule has 4 aromatic carbocycles. The number of amides is 4. The third kappa shape index (κ3) is 5.19. The molecule has 0 unspecified atom stereocenters. The maximum atomic E-state index is 15.2. The van der Waals surface area contributed by atoms with E-state index in [1.807, 2.05) is 36.4 Å². The van der Waals surface area contributed by atoms with Crippen molar-refractivity contribution < 1.29 is 33.4 Å². The maximum Gasteiger partial charge on any atom is 0.260 e. The first-order valence-electron chi connectivity index (χ1n) is 17.3. The zero-order valence-electron chi connectivity index (χ0n) is 28.2. The van der Waals surface area contributed by atoms with Crippen molar-refractivity contribution in [2.75, 3.05) is 12.0 Å². The summed E-state index contributed by atoms with van der Waals surface area (Å²) < 4.78 is 19.9. The van der Waals surface area contributed by atoms with Gasteiger partial charge in [0.15, 0.2) is 0 Å². The molecule has 2 heterocycles. The molecule has 1 saturated carbocycles. The first kappa shape index (κ1) is 33.7. The Bertz CT molecular complexity index is 2120. The van der Waals surface area contributed by atoms with Crippen LogP contribution in [0.4, 0.5) is 10.1 Å². The molecule has 0 bridgehead atoms. The zero-order valence-corrected chi connectivity index (χ0v) is 28.9. The van der Waals surface area contributed by atoms with Gasteiger partial charge in [-0.2, -0.15) is 5.01 Å². The number of fused-ring (bicyclic) bond motifs is 4. The van der Waals surface area contributed by atoms with E-state index >= 15 is 4.79 Å². The Hall–Kier alpha value is -5.48. The Labute approximate surface area is 304 Å². The summed E-state index contributed by atoms with van der Waals surface area (Å²) in [5.74, 6) is -5.73. The van der Waals surface area contributed by atoms with Gasteiger partial charge in [0.1, 0.15) is 23.9 Å². The van der Waals surface area contributed by atoms with E-state index < -0.39 is 52.6 Å². The highest BCUT2D eigenvalue weighted by atomic mass is 35.5. The van der Waals surface area contributed by atoms with E-state index in [4.69, 9.17) is 16.3 Å². The van der Waals surface area contributed by atoms with Crippen molar-refractivity contribution in [1.29, 1.82) is 0 Å². The number of carbonyl (C=O) groups is 4. The lowest BCUT2D eigenvalue weighted by Gasteiger charge is -2.50. The summed E-state index contributed by atoms with van der Waals surface area (Å²) in [5, 5.41) is 13.3. The van der Waals surface area contributed by atoms with E-state index in [0.717, 1.165) is 10.6 Å². The van der Waals surface area contributed by atoms with Crippen molar-refractivity contribution in [2.45, 2.75) is 37.7 Å². The van der Waals surface area contributed by atoms with Crippen LogP contribution in [0.2, 0.25) is 5.02 Å². The van der Waals surface area contributed by atoms with Gasteiger partial charge in [0.2, 0.25) is 11.8 Å². The fourth-order valence-corrected chi connectivity index (χ4v) is 9.10. The number of phenols is 1. The van der Waals surface area contributed by atoms with Crippen LogP contribution >= 0.6 is 11.6 Å². The highest BCUT2D eigenvalue weighted by Gasteiger charge is 2.70. The van der Waals surface area contributed by atoms with Crippen molar-refractivity contribution in [1.82, 2.24) is 9.91 Å². The van der Waals surface area contributed by atoms with Crippen LogP contribution in [0.25, 0.3) is 0 Å². The number of ether oxygens (including phenoxy) is 1. The van der Waals surface area contributed by atoms with Gasteiger partial charge in [-0.15, -0.1) is 0 Å². The summed E-state index contributed by atoms with van der Waals surface area (Å²) in [7, 11) is 0. The molecule has 4 aromatic rings. The molecular formula is C41H35ClFN3O6. The number of allylic oxidation sites excluding steroid dienone is 2. The number of rotatable bonds is 8. The van der Waals surface area contributed by atoms with Crippen molar-refractivity contribution in [3.63, 3.8) is 0 Å². The van der Waals surface area contributed by atoms with Gasteiger partial charge >= 0.3 is 0 Å². The number of imide groups is 2. The predicted molar refractivity (Wildman–Crippen MR) is 190 cm³/mol. The Morgan fingerprint density at radius 1 is 0.904 bits per heavy atom. The maximum absolute atomic E-state index is 15.2. The minimum absolute atomic E-state index is 0.105. The summed E-state index contributed by atoms with van der Waals surface area (Å²) in [6.45, 7) is 2.25. The van der Waals surface area contributed by atoms with Gasteiger partial charge in [0.25, 0.3) is 11.8 Å². The SMILES string of the molecule is CCN1C(=O)[C@H]2[C@H](CC=C3[C@H]2C[C@H]2C(=O)N(Nc4ccc(F)cc4)C(=O)[C@@]2(c2ccc(Cl)cc2)[C@H]3c2ccc(OCc3ccccc3)cc2O)C1=O. The van der Waals surface area contributed by atoms with Gasteiger partial charge < -0.3 is 9.84 Å². The number of carbonyl (C=O) groups excluding carboxylic acids is 4. The number of hydrogen-bond donors (Lipinski definition) is 2. The second-order valence-electron chi connectivity index (χ2n) is 13.8. The van der Waals surface area contributed by atoms with Crippen molar-refractivity contribution in [2.24, 2.45) is 23.7 Å². The molecule has 0 aromatic heterocycles. The Balaban J connectivity index is 1.30. The zero-order chi connectivity index (χ0) is 36.3. The fourth-order valence-electron chi connectivity index (χ4n) is 8.97. The van der Waals surface area contributed by atoms with Crippen LogP contribution in [0.1, 0.15) is 42.4 Å². The highest BCUT2D eigenvalue weighted by Crippen LogP contribution is 2.65. The molecule has 4 aliphatic rings. The van der Waals surface area contributed by atoms with Gasteiger partial charge in [-0.25, -0.2) is 4.39 Å². The minimum atomic E-state index is -1.61. The lowest BCUT2D eigenvalue weighted by molar-refractivity contribution is -0.141. The van der Waals surface area contributed by atoms with Crippen LogP contribution < -0.4 is 10.2 Å². The lowest BCUT2D eigenvalue weighted by Crippen LogP contribution is -2.53. The van der Waals surface area contributed by atoms with E-state index in [1.165, 1.54) is 35.2 Å². The monoisotopic (exact) mass is 719 g/mol. The summed E-state index contributed by atoms with van der Waals surface area (Å²) >= 11 is 6.36.